The Hall–Kier alpha value is -0.840. The summed E-state index contributed by atoms with van der Waals surface area (Å²) in [7, 11) is 0. The van der Waals surface area contributed by atoms with Gasteiger partial charge in [0.1, 0.15) is 12.4 Å². The third-order valence-corrected chi connectivity index (χ3v) is 2.80. The minimum Gasteiger partial charge on any atom is -0.467 e. The van der Waals surface area contributed by atoms with Crippen LogP contribution < -0.4 is 5.32 Å². The van der Waals surface area contributed by atoms with Crippen LogP contribution in [0.3, 0.4) is 0 Å². The maximum absolute atomic E-state index is 9.71. The Kier molecular flexibility index (Phi) is 5.68. The second-order valence-corrected chi connectivity index (χ2v) is 4.81. The molecule has 1 aromatic rings. The zero-order valence-electron chi connectivity index (χ0n) is 10.9. The van der Waals surface area contributed by atoms with Gasteiger partial charge in [0.15, 0.2) is 0 Å². The van der Waals surface area contributed by atoms with Gasteiger partial charge >= 0.3 is 0 Å². The van der Waals surface area contributed by atoms with E-state index in [0.29, 0.717) is 13.2 Å². The van der Waals surface area contributed by atoms with E-state index in [1.54, 1.807) is 20.1 Å². The fourth-order valence-corrected chi connectivity index (χ4v) is 1.31. The summed E-state index contributed by atoms with van der Waals surface area (Å²) in [5.41, 5.74) is -0.685. The molecule has 0 aromatic carbocycles. The number of aliphatic hydroxyl groups is 1. The zero-order valence-corrected chi connectivity index (χ0v) is 10.9. The molecular weight excluding hydrogens is 218 g/mol. The van der Waals surface area contributed by atoms with Gasteiger partial charge in [-0.3, -0.25) is 0 Å². The highest BCUT2D eigenvalue weighted by Crippen LogP contribution is 2.07. The fraction of sp³-hybridized carbons (Fsp3) is 0.692. The van der Waals surface area contributed by atoms with E-state index in [2.05, 4.69) is 5.32 Å². The number of furan rings is 1. The summed E-state index contributed by atoms with van der Waals surface area (Å²) in [4.78, 5) is 0. The van der Waals surface area contributed by atoms with E-state index in [4.69, 9.17) is 9.15 Å². The van der Waals surface area contributed by atoms with Crippen molar-refractivity contribution in [2.24, 2.45) is 0 Å². The van der Waals surface area contributed by atoms with Gasteiger partial charge in [-0.2, -0.15) is 0 Å². The van der Waals surface area contributed by atoms with Gasteiger partial charge in [-0.1, -0.05) is 0 Å². The van der Waals surface area contributed by atoms with Gasteiger partial charge in [-0.25, -0.2) is 0 Å². The summed E-state index contributed by atoms with van der Waals surface area (Å²) in [5.74, 6) is 0.850. The average Bonchev–Trinajstić information content (AvgIpc) is 2.74. The first kappa shape index (κ1) is 14.2. The number of rotatable bonds is 8. The summed E-state index contributed by atoms with van der Waals surface area (Å²) in [5, 5.41) is 13.0. The Balaban J connectivity index is 1.98. The molecular formula is C13H23NO3. The number of ether oxygens (including phenoxy) is 1. The molecule has 0 bridgehead atoms. The van der Waals surface area contributed by atoms with Crippen molar-refractivity contribution in [2.45, 2.75) is 45.4 Å². The van der Waals surface area contributed by atoms with Crippen molar-refractivity contribution in [3.05, 3.63) is 24.2 Å². The SMILES string of the molecule is CC(NCCCOCc1ccco1)C(C)(C)O. The first-order valence-electron chi connectivity index (χ1n) is 6.06. The van der Waals surface area contributed by atoms with Crippen LogP contribution in [0.5, 0.6) is 0 Å². The molecule has 1 unspecified atom stereocenters. The van der Waals surface area contributed by atoms with Crippen molar-refractivity contribution in [1.82, 2.24) is 5.32 Å². The molecule has 0 aliphatic carbocycles. The minimum absolute atomic E-state index is 0.0765. The number of hydrogen-bond donors (Lipinski definition) is 2. The Bertz CT molecular complexity index is 290. The van der Waals surface area contributed by atoms with Crippen LogP contribution in [0.4, 0.5) is 0 Å². The topological polar surface area (TPSA) is 54.6 Å². The second kappa shape index (κ2) is 6.79. The van der Waals surface area contributed by atoms with Crippen molar-refractivity contribution < 1.29 is 14.3 Å². The molecule has 0 radical (unpaired) electrons. The van der Waals surface area contributed by atoms with Crippen molar-refractivity contribution in [1.29, 1.82) is 0 Å². The number of nitrogens with one attached hydrogen (secondary N) is 1. The lowest BCUT2D eigenvalue weighted by molar-refractivity contribution is 0.0424. The molecule has 0 amide bonds. The molecule has 1 atom stereocenters. The summed E-state index contributed by atoms with van der Waals surface area (Å²) in [6, 6.07) is 3.83. The molecule has 1 aromatic heterocycles. The molecule has 2 N–H and O–H groups in total. The lowest BCUT2D eigenvalue weighted by Gasteiger charge is -2.26. The summed E-state index contributed by atoms with van der Waals surface area (Å²) in [6.45, 7) is 7.63. The highest BCUT2D eigenvalue weighted by atomic mass is 16.5. The predicted molar refractivity (Wildman–Crippen MR) is 66.7 cm³/mol. The Morgan fingerprint density at radius 2 is 2.29 bits per heavy atom. The maximum Gasteiger partial charge on any atom is 0.129 e. The molecule has 0 saturated carbocycles. The van der Waals surface area contributed by atoms with Gasteiger partial charge in [0.25, 0.3) is 0 Å². The van der Waals surface area contributed by atoms with Gasteiger partial charge in [0.05, 0.1) is 11.9 Å². The molecule has 0 aliphatic heterocycles. The Morgan fingerprint density at radius 1 is 1.53 bits per heavy atom. The summed E-state index contributed by atoms with van der Waals surface area (Å²) in [6.07, 6.45) is 2.56. The van der Waals surface area contributed by atoms with E-state index in [-0.39, 0.29) is 6.04 Å². The predicted octanol–water partition coefficient (Wildman–Crippen LogP) is 1.94. The molecule has 1 heterocycles. The van der Waals surface area contributed by atoms with Crippen LogP contribution in [0.2, 0.25) is 0 Å². The lowest BCUT2D eigenvalue weighted by Crippen LogP contribution is -2.44. The van der Waals surface area contributed by atoms with Crippen molar-refractivity contribution in [3.8, 4) is 0 Å². The summed E-state index contributed by atoms with van der Waals surface area (Å²) < 4.78 is 10.6. The van der Waals surface area contributed by atoms with Gasteiger partial charge in [-0.05, 0) is 45.9 Å². The Labute approximate surface area is 103 Å². The van der Waals surface area contributed by atoms with E-state index < -0.39 is 5.60 Å². The van der Waals surface area contributed by atoms with Crippen LogP contribution in [0, 0.1) is 0 Å². The first-order chi connectivity index (χ1) is 8.00. The maximum atomic E-state index is 9.71. The van der Waals surface area contributed by atoms with Crippen molar-refractivity contribution >= 4 is 0 Å². The normalized spacial score (nSPS) is 13.9. The third-order valence-electron chi connectivity index (χ3n) is 2.80. The van der Waals surface area contributed by atoms with E-state index in [1.165, 1.54) is 0 Å². The quantitative estimate of drug-likeness (QED) is 0.683. The fourth-order valence-electron chi connectivity index (χ4n) is 1.31. The van der Waals surface area contributed by atoms with Crippen LogP contribution in [-0.2, 0) is 11.3 Å². The summed E-state index contributed by atoms with van der Waals surface area (Å²) >= 11 is 0. The third kappa shape index (κ3) is 5.86. The lowest BCUT2D eigenvalue weighted by atomic mass is 10.0. The van der Waals surface area contributed by atoms with E-state index in [9.17, 15) is 5.11 Å². The highest BCUT2D eigenvalue weighted by Gasteiger charge is 2.20. The molecule has 0 saturated heterocycles. The van der Waals surface area contributed by atoms with Gasteiger partial charge in [-0.15, -0.1) is 0 Å². The molecule has 0 spiro atoms. The monoisotopic (exact) mass is 241 g/mol. The van der Waals surface area contributed by atoms with Crippen LogP contribution in [0.1, 0.15) is 33.0 Å². The van der Waals surface area contributed by atoms with Gasteiger partial charge in [0, 0.05) is 12.6 Å². The highest BCUT2D eigenvalue weighted by molar-refractivity contribution is 4.95. The largest absolute Gasteiger partial charge is 0.467 e. The van der Waals surface area contributed by atoms with Crippen molar-refractivity contribution in [3.63, 3.8) is 0 Å². The van der Waals surface area contributed by atoms with Crippen LogP contribution in [0.25, 0.3) is 0 Å². The second-order valence-electron chi connectivity index (χ2n) is 4.81. The molecule has 0 fully saturated rings. The van der Waals surface area contributed by atoms with E-state index in [0.717, 1.165) is 18.7 Å². The van der Waals surface area contributed by atoms with E-state index in [1.807, 2.05) is 19.1 Å². The molecule has 17 heavy (non-hydrogen) atoms. The zero-order chi connectivity index (χ0) is 12.7. The van der Waals surface area contributed by atoms with Crippen LogP contribution in [-0.4, -0.2) is 29.9 Å². The first-order valence-corrected chi connectivity index (χ1v) is 6.06. The van der Waals surface area contributed by atoms with Crippen LogP contribution in [0.15, 0.2) is 22.8 Å². The van der Waals surface area contributed by atoms with Gasteiger partial charge < -0.3 is 19.6 Å². The average molecular weight is 241 g/mol. The van der Waals surface area contributed by atoms with E-state index >= 15 is 0 Å². The Morgan fingerprint density at radius 3 is 2.88 bits per heavy atom. The molecule has 4 nitrogen and oxygen atoms in total. The van der Waals surface area contributed by atoms with Crippen LogP contribution >= 0.6 is 0 Å². The molecule has 4 heteroatoms. The minimum atomic E-state index is -0.685. The van der Waals surface area contributed by atoms with Crippen molar-refractivity contribution in [2.75, 3.05) is 13.2 Å². The standard InChI is InChI=1S/C13H23NO3/c1-11(13(2,3)15)14-7-5-8-16-10-12-6-4-9-17-12/h4,6,9,11,14-15H,5,7-8,10H2,1-3H3. The molecule has 98 valence electrons. The molecule has 1 rings (SSSR count). The number of hydrogen-bond acceptors (Lipinski definition) is 4. The van der Waals surface area contributed by atoms with Gasteiger partial charge in [0.2, 0.25) is 0 Å². The molecule has 0 aliphatic rings. The smallest absolute Gasteiger partial charge is 0.129 e.